The standard InChI is InChI=1S/C11H22N2O2/c1-8(7-14)13-11(15)9-5-3-2-4-6-10(9)12/h8-10,14H,2-7,12H2,1H3,(H,13,15). The fourth-order valence-electron chi connectivity index (χ4n) is 2.06. The minimum atomic E-state index is -0.173. The highest BCUT2D eigenvalue weighted by Crippen LogP contribution is 2.22. The molecular weight excluding hydrogens is 192 g/mol. The summed E-state index contributed by atoms with van der Waals surface area (Å²) < 4.78 is 0. The lowest BCUT2D eigenvalue weighted by molar-refractivity contribution is -0.126. The van der Waals surface area contributed by atoms with Crippen molar-refractivity contribution in [2.75, 3.05) is 6.61 Å². The van der Waals surface area contributed by atoms with Gasteiger partial charge in [-0.15, -0.1) is 0 Å². The Morgan fingerprint density at radius 3 is 2.80 bits per heavy atom. The predicted molar refractivity (Wildman–Crippen MR) is 59.2 cm³/mol. The van der Waals surface area contributed by atoms with Gasteiger partial charge >= 0.3 is 0 Å². The van der Waals surface area contributed by atoms with Crippen molar-refractivity contribution in [2.45, 2.75) is 51.1 Å². The Morgan fingerprint density at radius 1 is 1.47 bits per heavy atom. The summed E-state index contributed by atoms with van der Waals surface area (Å²) in [6.45, 7) is 1.77. The number of aliphatic hydroxyl groups excluding tert-OH is 1. The summed E-state index contributed by atoms with van der Waals surface area (Å²) in [6, 6.07) is -0.189. The molecule has 1 aliphatic rings. The molecule has 1 saturated carbocycles. The van der Waals surface area contributed by atoms with Crippen LogP contribution in [0.5, 0.6) is 0 Å². The van der Waals surface area contributed by atoms with Crippen molar-refractivity contribution in [3.63, 3.8) is 0 Å². The van der Waals surface area contributed by atoms with Crippen LogP contribution in [0.15, 0.2) is 0 Å². The number of carbonyl (C=O) groups is 1. The molecule has 3 atom stereocenters. The molecule has 1 aliphatic carbocycles. The quantitative estimate of drug-likeness (QED) is 0.595. The Kier molecular flexibility index (Phi) is 5.05. The summed E-state index contributed by atoms with van der Waals surface area (Å²) in [5.41, 5.74) is 5.97. The Balaban J connectivity index is 2.48. The molecular formula is C11H22N2O2. The van der Waals surface area contributed by atoms with Crippen LogP contribution < -0.4 is 11.1 Å². The molecule has 0 bridgehead atoms. The molecule has 0 heterocycles. The SMILES string of the molecule is CC(CO)NC(=O)C1CCCCCC1N. The van der Waals surface area contributed by atoms with Crippen LogP contribution in [-0.2, 0) is 4.79 Å². The number of nitrogens with one attached hydrogen (secondary N) is 1. The van der Waals surface area contributed by atoms with Crippen LogP contribution in [0.4, 0.5) is 0 Å². The second-order valence-corrected chi connectivity index (χ2v) is 4.50. The average molecular weight is 214 g/mol. The first-order valence-corrected chi connectivity index (χ1v) is 5.82. The van der Waals surface area contributed by atoms with E-state index < -0.39 is 0 Å². The summed E-state index contributed by atoms with van der Waals surface area (Å²) in [4.78, 5) is 11.8. The van der Waals surface area contributed by atoms with Gasteiger partial charge in [0.1, 0.15) is 0 Å². The molecule has 0 radical (unpaired) electrons. The van der Waals surface area contributed by atoms with E-state index in [1.807, 2.05) is 0 Å². The topological polar surface area (TPSA) is 75.3 Å². The van der Waals surface area contributed by atoms with Gasteiger partial charge in [-0.05, 0) is 19.8 Å². The Bertz CT molecular complexity index is 209. The molecule has 88 valence electrons. The first-order chi connectivity index (χ1) is 7.15. The number of carbonyl (C=O) groups excluding carboxylic acids is 1. The van der Waals surface area contributed by atoms with Gasteiger partial charge < -0.3 is 16.2 Å². The fourth-order valence-corrected chi connectivity index (χ4v) is 2.06. The van der Waals surface area contributed by atoms with Gasteiger partial charge in [-0.25, -0.2) is 0 Å². The van der Waals surface area contributed by atoms with E-state index in [1.165, 1.54) is 6.42 Å². The molecule has 1 rings (SSSR count). The van der Waals surface area contributed by atoms with Gasteiger partial charge in [0.2, 0.25) is 5.91 Å². The van der Waals surface area contributed by atoms with Gasteiger partial charge in [-0.1, -0.05) is 19.3 Å². The highest BCUT2D eigenvalue weighted by Gasteiger charge is 2.27. The average Bonchev–Trinajstić information content (AvgIpc) is 2.42. The zero-order chi connectivity index (χ0) is 11.3. The maximum atomic E-state index is 11.8. The lowest BCUT2D eigenvalue weighted by atomic mass is 9.94. The largest absolute Gasteiger partial charge is 0.394 e. The van der Waals surface area contributed by atoms with Crippen molar-refractivity contribution >= 4 is 5.91 Å². The second kappa shape index (κ2) is 6.08. The first-order valence-electron chi connectivity index (χ1n) is 5.82. The highest BCUT2D eigenvalue weighted by atomic mass is 16.3. The lowest BCUT2D eigenvalue weighted by Gasteiger charge is -2.22. The van der Waals surface area contributed by atoms with Crippen LogP contribution in [0.1, 0.15) is 39.0 Å². The van der Waals surface area contributed by atoms with Crippen LogP contribution in [0.3, 0.4) is 0 Å². The zero-order valence-corrected chi connectivity index (χ0v) is 9.41. The fraction of sp³-hybridized carbons (Fsp3) is 0.909. The van der Waals surface area contributed by atoms with Crippen molar-refractivity contribution in [2.24, 2.45) is 11.7 Å². The first kappa shape index (κ1) is 12.5. The molecule has 0 aromatic carbocycles. The number of rotatable bonds is 3. The van der Waals surface area contributed by atoms with Gasteiger partial charge in [0, 0.05) is 12.1 Å². The molecule has 15 heavy (non-hydrogen) atoms. The van der Waals surface area contributed by atoms with Crippen molar-refractivity contribution in [3.05, 3.63) is 0 Å². The van der Waals surface area contributed by atoms with E-state index in [4.69, 9.17) is 10.8 Å². The predicted octanol–water partition coefficient (Wildman–Crippen LogP) is 0.391. The van der Waals surface area contributed by atoms with Crippen molar-refractivity contribution in [1.82, 2.24) is 5.32 Å². The molecule has 4 nitrogen and oxygen atoms in total. The molecule has 1 amide bonds. The normalized spacial score (nSPS) is 29.3. The van der Waals surface area contributed by atoms with E-state index in [0.29, 0.717) is 0 Å². The van der Waals surface area contributed by atoms with Crippen molar-refractivity contribution in [1.29, 1.82) is 0 Å². The Labute approximate surface area is 91.2 Å². The number of hydrogen-bond donors (Lipinski definition) is 3. The number of amides is 1. The highest BCUT2D eigenvalue weighted by molar-refractivity contribution is 5.79. The number of nitrogens with two attached hydrogens (primary N) is 1. The third-order valence-corrected chi connectivity index (χ3v) is 3.07. The van der Waals surface area contributed by atoms with E-state index in [9.17, 15) is 4.79 Å². The number of aliphatic hydroxyl groups is 1. The summed E-state index contributed by atoms with van der Waals surface area (Å²) in [7, 11) is 0. The smallest absolute Gasteiger partial charge is 0.224 e. The monoisotopic (exact) mass is 214 g/mol. The molecule has 0 saturated heterocycles. The van der Waals surface area contributed by atoms with Gasteiger partial charge in [-0.2, -0.15) is 0 Å². The molecule has 0 aromatic rings. The number of hydrogen-bond acceptors (Lipinski definition) is 3. The van der Waals surface area contributed by atoms with Crippen LogP contribution in [0.2, 0.25) is 0 Å². The van der Waals surface area contributed by atoms with E-state index in [1.54, 1.807) is 6.92 Å². The molecule has 4 N–H and O–H groups in total. The third kappa shape index (κ3) is 3.80. The minimum absolute atomic E-state index is 0.00551. The minimum Gasteiger partial charge on any atom is -0.394 e. The van der Waals surface area contributed by atoms with Gasteiger partial charge in [0.15, 0.2) is 0 Å². The summed E-state index contributed by atoms with van der Waals surface area (Å²) in [5.74, 6) is -0.0625. The molecule has 0 aliphatic heterocycles. The van der Waals surface area contributed by atoms with Gasteiger partial charge in [0.25, 0.3) is 0 Å². The van der Waals surface area contributed by atoms with E-state index in [0.717, 1.165) is 25.7 Å². The third-order valence-electron chi connectivity index (χ3n) is 3.07. The van der Waals surface area contributed by atoms with Crippen LogP contribution in [0.25, 0.3) is 0 Å². The van der Waals surface area contributed by atoms with Crippen molar-refractivity contribution < 1.29 is 9.90 Å². The van der Waals surface area contributed by atoms with Crippen LogP contribution in [0, 0.1) is 5.92 Å². The maximum Gasteiger partial charge on any atom is 0.224 e. The van der Waals surface area contributed by atoms with E-state index in [-0.39, 0.29) is 30.5 Å². The van der Waals surface area contributed by atoms with E-state index >= 15 is 0 Å². The van der Waals surface area contributed by atoms with Gasteiger partial charge in [0.05, 0.1) is 12.5 Å². The van der Waals surface area contributed by atoms with E-state index in [2.05, 4.69) is 5.32 Å². The second-order valence-electron chi connectivity index (χ2n) is 4.50. The summed E-state index contributed by atoms with van der Waals surface area (Å²) >= 11 is 0. The Morgan fingerprint density at radius 2 is 2.13 bits per heavy atom. The molecule has 4 heteroatoms. The zero-order valence-electron chi connectivity index (χ0n) is 9.41. The Hall–Kier alpha value is -0.610. The summed E-state index contributed by atoms with van der Waals surface area (Å²) in [5, 5.41) is 11.6. The van der Waals surface area contributed by atoms with Crippen LogP contribution >= 0.6 is 0 Å². The van der Waals surface area contributed by atoms with Crippen LogP contribution in [-0.4, -0.2) is 29.7 Å². The molecule has 0 aromatic heterocycles. The molecule has 0 spiro atoms. The maximum absolute atomic E-state index is 11.8. The van der Waals surface area contributed by atoms with Gasteiger partial charge in [-0.3, -0.25) is 4.79 Å². The molecule has 3 unspecified atom stereocenters. The lowest BCUT2D eigenvalue weighted by Crippen LogP contribution is -2.45. The molecule has 1 fully saturated rings. The van der Waals surface area contributed by atoms with Crippen molar-refractivity contribution in [3.8, 4) is 0 Å². The summed E-state index contributed by atoms with van der Waals surface area (Å²) in [6.07, 6.45) is 5.20.